The van der Waals surface area contributed by atoms with Crippen LogP contribution in [0.25, 0.3) is 0 Å². The summed E-state index contributed by atoms with van der Waals surface area (Å²) in [6.45, 7) is 3.11. The lowest BCUT2D eigenvalue weighted by atomic mass is 9.95. The van der Waals surface area contributed by atoms with Gasteiger partial charge in [-0.25, -0.2) is 0 Å². The first-order valence-corrected chi connectivity index (χ1v) is 12.5. The van der Waals surface area contributed by atoms with Crippen molar-refractivity contribution in [1.82, 2.24) is 4.90 Å². The van der Waals surface area contributed by atoms with E-state index in [1.807, 2.05) is 60.3 Å². The Bertz CT molecular complexity index is 929. The maximum atomic E-state index is 12.8. The molecule has 0 saturated carbocycles. The first-order valence-electron chi connectivity index (χ1n) is 11.0. The molecular weight excluding hydrogens is 446 g/mol. The number of piperidine rings is 1. The minimum Gasteiger partial charge on any atom is -0.484 e. The van der Waals surface area contributed by atoms with Gasteiger partial charge in [0.15, 0.2) is 6.61 Å². The number of hydrogen-bond donors (Lipinski definition) is 1. The molecule has 0 radical (unpaired) electrons. The number of carbonyl (C=O) groups excluding carboxylic acids is 2. The molecule has 2 heterocycles. The van der Waals surface area contributed by atoms with Crippen LogP contribution in [0.15, 0.2) is 48.5 Å². The fourth-order valence-corrected chi connectivity index (χ4v) is 5.24. The van der Waals surface area contributed by atoms with Gasteiger partial charge in [0.05, 0.1) is 10.7 Å². The average Bonchev–Trinajstić information content (AvgIpc) is 2.84. The van der Waals surface area contributed by atoms with Gasteiger partial charge in [-0.2, -0.15) is 11.8 Å². The van der Waals surface area contributed by atoms with E-state index in [0.29, 0.717) is 42.4 Å². The van der Waals surface area contributed by atoms with E-state index < -0.39 is 0 Å². The Morgan fingerprint density at radius 2 is 1.75 bits per heavy atom. The van der Waals surface area contributed by atoms with Crippen LogP contribution in [-0.2, 0) is 9.59 Å². The van der Waals surface area contributed by atoms with Gasteiger partial charge in [0.1, 0.15) is 5.75 Å². The predicted octanol–water partition coefficient (Wildman–Crippen LogP) is 4.15. The maximum absolute atomic E-state index is 12.8. The van der Waals surface area contributed by atoms with E-state index in [9.17, 15) is 9.59 Å². The molecule has 2 aromatic carbocycles. The van der Waals surface area contributed by atoms with Crippen LogP contribution in [0.3, 0.4) is 0 Å². The summed E-state index contributed by atoms with van der Waals surface area (Å²) >= 11 is 8.46. The Hall–Kier alpha value is -2.38. The highest BCUT2D eigenvalue weighted by atomic mass is 35.5. The van der Waals surface area contributed by atoms with Gasteiger partial charge in [-0.3, -0.25) is 9.59 Å². The number of benzene rings is 2. The van der Waals surface area contributed by atoms with Gasteiger partial charge in [-0.1, -0.05) is 29.8 Å². The number of para-hydroxylation sites is 1. The molecule has 1 N–H and O–H groups in total. The molecule has 2 aliphatic heterocycles. The number of amides is 2. The number of nitrogens with zero attached hydrogens (tertiary/aromatic N) is 2. The van der Waals surface area contributed by atoms with Crippen molar-refractivity contribution >= 4 is 46.6 Å². The molecule has 6 nitrogen and oxygen atoms in total. The predicted molar refractivity (Wildman–Crippen MR) is 131 cm³/mol. The van der Waals surface area contributed by atoms with E-state index >= 15 is 0 Å². The van der Waals surface area contributed by atoms with E-state index in [2.05, 4.69) is 10.2 Å². The summed E-state index contributed by atoms with van der Waals surface area (Å²) in [5, 5.41) is 3.66. The Labute approximate surface area is 198 Å². The molecule has 0 aromatic heterocycles. The van der Waals surface area contributed by atoms with Crippen molar-refractivity contribution in [3.8, 4) is 5.75 Å². The van der Waals surface area contributed by atoms with Crippen molar-refractivity contribution in [2.24, 2.45) is 5.92 Å². The lowest BCUT2D eigenvalue weighted by molar-refractivity contribution is -0.136. The zero-order valence-corrected chi connectivity index (χ0v) is 19.5. The van der Waals surface area contributed by atoms with Crippen molar-refractivity contribution in [3.05, 3.63) is 53.6 Å². The van der Waals surface area contributed by atoms with Gasteiger partial charge in [0.25, 0.3) is 5.91 Å². The molecule has 32 heavy (non-hydrogen) atoms. The third-order valence-corrected chi connectivity index (χ3v) is 7.14. The van der Waals surface area contributed by atoms with Crippen LogP contribution in [0.4, 0.5) is 11.4 Å². The van der Waals surface area contributed by atoms with Crippen molar-refractivity contribution in [3.63, 3.8) is 0 Å². The minimum atomic E-state index is -0.119. The zero-order chi connectivity index (χ0) is 22.3. The second-order valence-electron chi connectivity index (χ2n) is 8.01. The van der Waals surface area contributed by atoms with Crippen LogP contribution in [0.1, 0.15) is 12.8 Å². The first kappa shape index (κ1) is 22.8. The number of anilines is 2. The minimum absolute atomic E-state index is 0.0153. The first-order chi connectivity index (χ1) is 15.6. The zero-order valence-electron chi connectivity index (χ0n) is 18.0. The fraction of sp³-hybridized carbons (Fsp3) is 0.417. The van der Waals surface area contributed by atoms with Gasteiger partial charge >= 0.3 is 0 Å². The molecule has 0 unspecified atom stereocenters. The quantitative estimate of drug-likeness (QED) is 0.683. The summed E-state index contributed by atoms with van der Waals surface area (Å²) in [5.41, 5.74) is 1.74. The molecule has 2 aliphatic rings. The van der Waals surface area contributed by atoms with Crippen LogP contribution in [0.5, 0.6) is 5.75 Å². The normalized spacial score (nSPS) is 17.2. The van der Waals surface area contributed by atoms with E-state index in [0.717, 1.165) is 30.3 Å². The summed E-state index contributed by atoms with van der Waals surface area (Å²) in [6, 6.07) is 15.0. The average molecular weight is 474 g/mol. The molecule has 0 spiro atoms. The number of hydrogen-bond acceptors (Lipinski definition) is 5. The smallest absolute Gasteiger partial charge is 0.260 e. The van der Waals surface area contributed by atoms with Crippen molar-refractivity contribution in [1.29, 1.82) is 0 Å². The van der Waals surface area contributed by atoms with E-state index in [1.54, 1.807) is 4.90 Å². The number of carbonyl (C=O) groups is 2. The summed E-state index contributed by atoms with van der Waals surface area (Å²) in [7, 11) is 0. The molecule has 2 fully saturated rings. The second-order valence-corrected chi connectivity index (χ2v) is 9.64. The van der Waals surface area contributed by atoms with Crippen LogP contribution in [0.2, 0.25) is 5.02 Å². The van der Waals surface area contributed by atoms with Crippen molar-refractivity contribution in [2.75, 3.05) is 54.5 Å². The van der Waals surface area contributed by atoms with Gasteiger partial charge in [-0.15, -0.1) is 0 Å². The molecule has 170 valence electrons. The van der Waals surface area contributed by atoms with Gasteiger partial charge in [0, 0.05) is 49.3 Å². The number of likely N-dealkylation sites (tertiary alicyclic amines) is 1. The standard InChI is InChI=1S/C24H28ClN3O3S/c25-21-16-19(6-7-22(21)27-12-14-32-15-13-27)26-24(30)18-8-10-28(11-9-18)23(29)17-31-20-4-2-1-3-5-20/h1-7,16,18H,8-15,17H2,(H,26,30). The van der Waals surface area contributed by atoms with Crippen LogP contribution >= 0.6 is 23.4 Å². The van der Waals surface area contributed by atoms with Crippen molar-refractivity contribution in [2.45, 2.75) is 12.8 Å². The molecule has 2 aromatic rings. The number of thioether (sulfide) groups is 1. The van der Waals surface area contributed by atoms with E-state index in [1.165, 1.54) is 0 Å². The Balaban J connectivity index is 1.24. The topological polar surface area (TPSA) is 61.9 Å². The molecule has 2 amide bonds. The highest BCUT2D eigenvalue weighted by molar-refractivity contribution is 7.99. The summed E-state index contributed by atoms with van der Waals surface area (Å²) in [4.78, 5) is 29.2. The summed E-state index contributed by atoms with van der Waals surface area (Å²) < 4.78 is 5.55. The SMILES string of the molecule is O=C(Nc1ccc(N2CCSCC2)c(Cl)c1)C1CCN(C(=O)COc2ccccc2)CC1. The molecule has 4 rings (SSSR count). The van der Waals surface area contributed by atoms with E-state index in [-0.39, 0.29) is 24.3 Å². The van der Waals surface area contributed by atoms with Crippen LogP contribution < -0.4 is 15.0 Å². The van der Waals surface area contributed by atoms with Gasteiger partial charge in [-0.05, 0) is 43.2 Å². The monoisotopic (exact) mass is 473 g/mol. The maximum Gasteiger partial charge on any atom is 0.260 e. The molecule has 2 saturated heterocycles. The highest BCUT2D eigenvalue weighted by Gasteiger charge is 2.27. The summed E-state index contributed by atoms with van der Waals surface area (Å²) in [6.07, 6.45) is 1.28. The van der Waals surface area contributed by atoms with Crippen molar-refractivity contribution < 1.29 is 14.3 Å². The molecule has 0 aliphatic carbocycles. The number of ether oxygens (including phenoxy) is 1. The third kappa shape index (κ3) is 5.90. The Kier molecular flexibility index (Phi) is 7.81. The van der Waals surface area contributed by atoms with Crippen LogP contribution in [0, 0.1) is 5.92 Å². The lowest BCUT2D eigenvalue weighted by Gasteiger charge is -2.31. The highest BCUT2D eigenvalue weighted by Crippen LogP contribution is 2.31. The Morgan fingerprint density at radius 1 is 1.03 bits per heavy atom. The summed E-state index contributed by atoms with van der Waals surface area (Å²) in [5.74, 6) is 2.70. The van der Waals surface area contributed by atoms with Gasteiger partial charge in [0.2, 0.25) is 5.91 Å². The largest absolute Gasteiger partial charge is 0.484 e. The number of rotatable bonds is 6. The number of halogens is 1. The lowest BCUT2D eigenvalue weighted by Crippen LogP contribution is -2.43. The van der Waals surface area contributed by atoms with Crippen LogP contribution in [-0.4, -0.2) is 61.0 Å². The molecule has 0 bridgehead atoms. The second kappa shape index (κ2) is 11.0. The number of nitrogens with one attached hydrogen (secondary N) is 1. The molecule has 8 heteroatoms. The molecule has 0 atom stereocenters. The molecular formula is C24H28ClN3O3S. The van der Waals surface area contributed by atoms with E-state index in [4.69, 9.17) is 16.3 Å². The van der Waals surface area contributed by atoms with Gasteiger partial charge < -0.3 is 19.9 Å². The third-order valence-electron chi connectivity index (χ3n) is 5.89. The fourth-order valence-electron chi connectivity index (χ4n) is 4.03. The Morgan fingerprint density at radius 3 is 2.44 bits per heavy atom.